The molecule has 0 aromatic heterocycles. The van der Waals surface area contributed by atoms with E-state index < -0.39 is 0 Å². The van der Waals surface area contributed by atoms with Crippen molar-refractivity contribution in [2.24, 2.45) is 0 Å². The number of fused-ring (bicyclic) bond motifs is 1. The van der Waals surface area contributed by atoms with Gasteiger partial charge in [0, 0.05) is 11.6 Å². The van der Waals surface area contributed by atoms with Crippen LogP contribution in [0.4, 0.5) is 11.4 Å². The number of amides is 2. The lowest BCUT2D eigenvalue weighted by Crippen LogP contribution is -2.44. The molecule has 1 aliphatic heterocycles. The molecule has 2 aromatic carbocycles. The predicted octanol–water partition coefficient (Wildman–Crippen LogP) is 2.41. The molecule has 0 spiro atoms. The molecule has 0 unspecified atom stereocenters. The third-order valence-electron chi connectivity index (χ3n) is 3.62. The highest BCUT2D eigenvalue weighted by Crippen LogP contribution is 2.28. The molecule has 0 atom stereocenters. The van der Waals surface area contributed by atoms with Crippen molar-refractivity contribution in [2.75, 3.05) is 23.3 Å². The highest BCUT2D eigenvalue weighted by atomic mass is 35.5. The second-order valence-electron chi connectivity index (χ2n) is 5.29. The summed E-state index contributed by atoms with van der Waals surface area (Å²) in [5.41, 5.74) is 2.43. The molecule has 0 fully saturated rings. The number of anilines is 2. The lowest BCUT2D eigenvalue weighted by molar-refractivity contribution is -0.120. The van der Waals surface area contributed by atoms with E-state index in [9.17, 15) is 9.59 Å². The first kappa shape index (κ1) is 15.4. The monoisotopic (exact) mass is 329 g/mol. The minimum absolute atomic E-state index is 0.120. The predicted molar refractivity (Wildman–Crippen MR) is 90.6 cm³/mol. The highest BCUT2D eigenvalue weighted by Gasteiger charge is 2.23. The van der Waals surface area contributed by atoms with E-state index in [1.807, 2.05) is 42.5 Å². The summed E-state index contributed by atoms with van der Waals surface area (Å²) in [6, 6.07) is 14.8. The van der Waals surface area contributed by atoms with Gasteiger partial charge in [-0.1, -0.05) is 41.9 Å². The summed E-state index contributed by atoms with van der Waals surface area (Å²) >= 11 is 6.07. The quantitative estimate of drug-likeness (QED) is 0.905. The Morgan fingerprint density at radius 3 is 2.74 bits per heavy atom. The molecular formula is C17H16ClN3O2. The third-order valence-corrected chi connectivity index (χ3v) is 3.99. The molecule has 2 N–H and O–H groups in total. The van der Waals surface area contributed by atoms with Gasteiger partial charge >= 0.3 is 0 Å². The molecule has 2 aromatic rings. The number of halogens is 1. The molecule has 1 aliphatic rings. The van der Waals surface area contributed by atoms with Crippen LogP contribution in [-0.4, -0.2) is 24.9 Å². The normalized spacial score (nSPS) is 13.3. The number of carbonyl (C=O) groups excluding carboxylic acids is 2. The fourth-order valence-electron chi connectivity index (χ4n) is 2.51. The maximum Gasteiger partial charge on any atom is 0.243 e. The maximum atomic E-state index is 12.2. The van der Waals surface area contributed by atoms with Crippen LogP contribution in [0.15, 0.2) is 48.5 Å². The molecule has 23 heavy (non-hydrogen) atoms. The highest BCUT2D eigenvalue weighted by molar-refractivity contribution is 6.31. The van der Waals surface area contributed by atoms with Crippen LogP contribution >= 0.6 is 11.6 Å². The number of hydrogen-bond acceptors (Lipinski definition) is 3. The summed E-state index contributed by atoms with van der Waals surface area (Å²) in [5.74, 6) is -0.281. The fraction of sp³-hybridized carbons (Fsp3) is 0.176. The second kappa shape index (κ2) is 6.71. The Hall–Kier alpha value is -2.53. The molecular weight excluding hydrogens is 314 g/mol. The number of rotatable bonds is 4. The smallest absolute Gasteiger partial charge is 0.243 e. The van der Waals surface area contributed by atoms with Gasteiger partial charge in [0.15, 0.2) is 0 Å². The second-order valence-corrected chi connectivity index (χ2v) is 5.70. The van der Waals surface area contributed by atoms with Gasteiger partial charge < -0.3 is 15.5 Å². The SMILES string of the molecule is O=C(CN1CC(=O)Nc2ccccc21)NCc1ccccc1Cl. The number of carbonyl (C=O) groups is 2. The van der Waals surface area contributed by atoms with Gasteiger partial charge in [0.2, 0.25) is 11.8 Å². The minimum Gasteiger partial charge on any atom is -0.351 e. The van der Waals surface area contributed by atoms with Crippen molar-refractivity contribution >= 4 is 34.8 Å². The summed E-state index contributed by atoms with van der Waals surface area (Å²) < 4.78 is 0. The standard InChI is InChI=1S/C17H16ClN3O2/c18-13-6-2-1-5-12(13)9-19-16(22)10-21-11-17(23)20-14-7-3-4-8-15(14)21/h1-8H,9-11H2,(H,19,22)(H,20,23). The van der Waals surface area contributed by atoms with E-state index in [1.54, 1.807) is 11.0 Å². The van der Waals surface area contributed by atoms with Gasteiger partial charge in [-0.05, 0) is 23.8 Å². The Kier molecular flexibility index (Phi) is 4.48. The number of benzene rings is 2. The van der Waals surface area contributed by atoms with E-state index in [0.717, 1.165) is 16.9 Å². The minimum atomic E-state index is -0.158. The van der Waals surface area contributed by atoms with Gasteiger partial charge in [0.05, 0.1) is 24.5 Å². The first-order chi connectivity index (χ1) is 11.1. The lowest BCUT2D eigenvalue weighted by Gasteiger charge is -2.30. The Balaban J connectivity index is 1.64. The van der Waals surface area contributed by atoms with E-state index in [2.05, 4.69) is 10.6 Å². The van der Waals surface area contributed by atoms with Gasteiger partial charge in [-0.2, -0.15) is 0 Å². The van der Waals surface area contributed by atoms with Gasteiger partial charge in [-0.15, -0.1) is 0 Å². The van der Waals surface area contributed by atoms with Crippen molar-refractivity contribution in [3.8, 4) is 0 Å². The van der Waals surface area contributed by atoms with Crippen LogP contribution in [0.1, 0.15) is 5.56 Å². The Bertz CT molecular complexity index is 748. The van der Waals surface area contributed by atoms with Crippen LogP contribution < -0.4 is 15.5 Å². The largest absolute Gasteiger partial charge is 0.351 e. The van der Waals surface area contributed by atoms with Crippen LogP contribution in [0, 0.1) is 0 Å². The van der Waals surface area contributed by atoms with Gasteiger partial charge in [-0.3, -0.25) is 9.59 Å². The average Bonchev–Trinajstić information content (AvgIpc) is 2.54. The number of hydrogen-bond donors (Lipinski definition) is 2. The molecule has 5 nitrogen and oxygen atoms in total. The van der Waals surface area contributed by atoms with Crippen LogP contribution in [0.2, 0.25) is 5.02 Å². The average molecular weight is 330 g/mol. The van der Waals surface area contributed by atoms with Crippen molar-refractivity contribution < 1.29 is 9.59 Å². The van der Waals surface area contributed by atoms with E-state index >= 15 is 0 Å². The molecule has 3 rings (SSSR count). The van der Waals surface area contributed by atoms with E-state index in [0.29, 0.717) is 11.6 Å². The molecule has 6 heteroatoms. The first-order valence-corrected chi connectivity index (χ1v) is 7.65. The molecule has 0 aliphatic carbocycles. The summed E-state index contributed by atoms with van der Waals surface area (Å²) in [6.07, 6.45) is 0. The molecule has 118 valence electrons. The maximum absolute atomic E-state index is 12.2. The lowest BCUT2D eigenvalue weighted by atomic mass is 10.2. The van der Waals surface area contributed by atoms with Gasteiger partial charge in [0.1, 0.15) is 0 Å². The van der Waals surface area contributed by atoms with Crippen LogP contribution in [0.5, 0.6) is 0 Å². The third kappa shape index (κ3) is 3.63. The molecule has 0 saturated heterocycles. The molecule has 0 saturated carbocycles. The zero-order valence-electron chi connectivity index (χ0n) is 12.4. The fourth-order valence-corrected chi connectivity index (χ4v) is 2.71. The zero-order valence-corrected chi connectivity index (χ0v) is 13.1. The number of nitrogens with zero attached hydrogens (tertiary/aromatic N) is 1. The number of nitrogens with one attached hydrogen (secondary N) is 2. The van der Waals surface area contributed by atoms with Crippen molar-refractivity contribution in [1.82, 2.24) is 5.32 Å². The van der Waals surface area contributed by atoms with Crippen LogP contribution in [0.25, 0.3) is 0 Å². The topological polar surface area (TPSA) is 61.4 Å². The first-order valence-electron chi connectivity index (χ1n) is 7.27. The van der Waals surface area contributed by atoms with Crippen molar-refractivity contribution in [2.45, 2.75) is 6.54 Å². The Labute approximate surface area is 139 Å². The van der Waals surface area contributed by atoms with Gasteiger partial charge in [0.25, 0.3) is 0 Å². The molecule has 0 radical (unpaired) electrons. The van der Waals surface area contributed by atoms with E-state index in [4.69, 9.17) is 11.6 Å². The van der Waals surface area contributed by atoms with Crippen LogP contribution in [-0.2, 0) is 16.1 Å². The Morgan fingerprint density at radius 2 is 1.91 bits per heavy atom. The van der Waals surface area contributed by atoms with Crippen molar-refractivity contribution in [3.05, 3.63) is 59.1 Å². The summed E-state index contributed by atoms with van der Waals surface area (Å²) in [5, 5.41) is 6.26. The number of para-hydroxylation sites is 2. The van der Waals surface area contributed by atoms with Crippen LogP contribution in [0.3, 0.4) is 0 Å². The summed E-state index contributed by atoms with van der Waals surface area (Å²) in [6.45, 7) is 0.644. The Morgan fingerprint density at radius 1 is 1.17 bits per heavy atom. The van der Waals surface area contributed by atoms with E-state index in [-0.39, 0.29) is 24.9 Å². The zero-order chi connectivity index (χ0) is 16.2. The van der Waals surface area contributed by atoms with Crippen molar-refractivity contribution in [1.29, 1.82) is 0 Å². The molecule has 1 heterocycles. The summed E-state index contributed by atoms with van der Waals surface area (Å²) in [7, 11) is 0. The molecule has 0 bridgehead atoms. The van der Waals surface area contributed by atoms with Gasteiger partial charge in [-0.25, -0.2) is 0 Å². The summed E-state index contributed by atoms with van der Waals surface area (Å²) in [4.78, 5) is 25.7. The van der Waals surface area contributed by atoms with Crippen molar-refractivity contribution in [3.63, 3.8) is 0 Å². The van der Waals surface area contributed by atoms with E-state index in [1.165, 1.54) is 0 Å². The molecule has 2 amide bonds.